The van der Waals surface area contributed by atoms with Crippen molar-refractivity contribution in [3.8, 4) is 0 Å². The Hall–Kier alpha value is -0.480. The van der Waals surface area contributed by atoms with Gasteiger partial charge in [0.1, 0.15) is 0 Å². The highest BCUT2D eigenvalue weighted by atomic mass is 32.1. The molecule has 0 aromatic rings. The Morgan fingerprint density at radius 1 is 1.00 bits per heavy atom. The fourth-order valence-electron chi connectivity index (χ4n) is 2.37. The molecule has 0 heterocycles. The molecule has 0 aromatic heterocycles. The first kappa shape index (κ1) is 21.5. The van der Waals surface area contributed by atoms with Crippen LogP contribution in [0.3, 0.4) is 0 Å². The molecule has 0 saturated carbocycles. The highest BCUT2D eigenvalue weighted by molar-refractivity contribution is 7.81. The molecule has 0 radical (unpaired) electrons. The van der Waals surface area contributed by atoms with Gasteiger partial charge in [0.2, 0.25) is 0 Å². The molecular weight excluding hydrogens is 296 g/mol. The number of hydrogen-bond donors (Lipinski definition) is 3. The number of rotatable bonds is 15. The first-order valence-corrected chi connectivity index (χ1v) is 9.33. The van der Waals surface area contributed by atoms with Gasteiger partial charge in [-0.1, -0.05) is 64.0 Å². The quantitative estimate of drug-likeness (QED) is 0.225. The van der Waals surface area contributed by atoms with Gasteiger partial charge in [0.15, 0.2) is 0 Å². The van der Waals surface area contributed by atoms with Crippen LogP contribution < -0.4 is 0 Å². The number of unbranched alkanes of at least 4 members (excludes halogenated alkanes) is 7. The zero-order valence-corrected chi connectivity index (χ0v) is 14.9. The summed E-state index contributed by atoms with van der Waals surface area (Å²) in [6, 6.07) is 0. The highest BCUT2D eigenvalue weighted by Crippen LogP contribution is 2.12. The fraction of sp³-hybridized carbons (Fsp3) is 0.833. The van der Waals surface area contributed by atoms with Gasteiger partial charge in [-0.25, -0.2) is 0 Å². The van der Waals surface area contributed by atoms with E-state index in [0.717, 1.165) is 51.4 Å². The van der Waals surface area contributed by atoms with Gasteiger partial charge in [0.05, 0.1) is 11.4 Å². The zero-order chi connectivity index (χ0) is 16.6. The van der Waals surface area contributed by atoms with Crippen LogP contribution in [0.4, 0.5) is 0 Å². The Morgan fingerprint density at radius 3 is 2.32 bits per heavy atom. The second-order valence-electron chi connectivity index (χ2n) is 6.06. The van der Waals surface area contributed by atoms with Crippen LogP contribution >= 0.6 is 12.6 Å². The Labute approximate surface area is 141 Å². The number of allylic oxidation sites excluding steroid dienone is 1. The smallest absolute Gasteiger partial charge is 0.316 e. The van der Waals surface area contributed by atoms with Crippen LogP contribution in [0, 0.1) is 0 Å². The lowest BCUT2D eigenvalue weighted by atomic mass is 10.1. The molecule has 0 bridgehead atoms. The zero-order valence-electron chi connectivity index (χ0n) is 14.0. The molecule has 0 spiro atoms. The molecule has 0 rings (SSSR count). The predicted molar refractivity (Wildman–Crippen MR) is 96.6 cm³/mol. The van der Waals surface area contributed by atoms with Crippen molar-refractivity contribution in [1.29, 1.82) is 0 Å². The van der Waals surface area contributed by atoms with E-state index in [1.54, 1.807) is 0 Å². The summed E-state index contributed by atoms with van der Waals surface area (Å²) in [6.45, 7) is 2.20. The molecule has 0 aromatic carbocycles. The third-order valence-electron chi connectivity index (χ3n) is 3.85. The minimum atomic E-state index is -0.820. The van der Waals surface area contributed by atoms with Crippen LogP contribution in [-0.4, -0.2) is 27.5 Å². The summed E-state index contributed by atoms with van der Waals surface area (Å²) >= 11 is 4.02. The van der Waals surface area contributed by atoms with Crippen molar-refractivity contribution >= 4 is 18.6 Å². The number of aliphatic hydroxyl groups is 1. The number of carboxylic acid groups (broad SMARTS) is 1. The monoisotopic (exact) mass is 330 g/mol. The molecule has 3 nitrogen and oxygen atoms in total. The summed E-state index contributed by atoms with van der Waals surface area (Å²) < 4.78 is 0. The number of aliphatic hydroxyl groups excluding tert-OH is 1. The van der Waals surface area contributed by atoms with Crippen LogP contribution in [-0.2, 0) is 4.79 Å². The van der Waals surface area contributed by atoms with Gasteiger partial charge in [0, 0.05) is 0 Å². The average molecular weight is 331 g/mol. The first-order chi connectivity index (χ1) is 10.6. The van der Waals surface area contributed by atoms with E-state index in [4.69, 9.17) is 5.11 Å². The summed E-state index contributed by atoms with van der Waals surface area (Å²) in [6.07, 6.45) is 16.6. The maximum absolute atomic E-state index is 10.6. The van der Waals surface area contributed by atoms with Crippen LogP contribution in [0.15, 0.2) is 12.2 Å². The molecule has 0 amide bonds. The largest absolute Gasteiger partial charge is 0.480 e. The van der Waals surface area contributed by atoms with Crippen LogP contribution in [0.25, 0.3) is 0 Å². The maximum atomic E-state index is 10.6. The molecule has 22 heavy (non-hydrogen) atoms. The SMILES string of the molecule is CCCCCC[C@@H](O)CC=CCCCCCCC(S)C(=O)O. The van der Waals surface area contributed by atoms with Crippen LogP contribution in [0.5, 0.6) is 0 Å². The molecule has 0 saturated heterocycles. The predicted octanol–water partition coefficient (Wildman–Crippen LogP) is 4.99. The van der Waals surface area contributed by atoms with Crippen molar-refractivity contribution in [2.45, 2.75) is 95.3 Å². The van der Waals surface area contributed by atoms with Crippen molar-refractivity contribution < 1.29 is 15.0 Å². The Balaban J connectivity index is 3.34. The number of thiol groups is 1. The molecule has 1 unspecified atom stereocenters. The van der Waals surface area contributed by atoms with E-state index in [1.165, 1.54) is 19.3 Å². The van der Waals surface area contributed by atoms with E-state index < -0.39 is 11.2 Å². The van der Waals surface area contributed by atoms with Crippen LogP contribution in [0.2, 0.25) is 0 Å². The van der Waals surface area contributed by atoms with Crippen LogP contribution in [0.1, 0.15) is 84.0 Å². The molecule has 2 atom stereocenters. The molecule has 130 valence electrons. The van der Waals surface area contributed by atoms with E-state index in [9.17, 15) is 9.90 Å². The topological polar surface area (TPSA) is 57.5 Å². The van der Waals surface area contributed by atoms with E-state index in [2.05, 4.69) is 31.7 Å². The van der Waals surface area contributed by atoms with E-state index in [0.29, 0.717) is 6.42 Å². The Kier molecular flexibility index (Phi) is 15.1. The lowest BCUT2D eigenvalue weighted by molar-refractivity contribution is -0.136. The van der Waals surface area contributed by atoms with Gasteiger partial charge in [-0.05, 0) is 32.1 Å². The molecule has 0 fully saturated rings. The summed E-state index contributed by atoms with van der Waals surface area (Å²) in [5.74, 6) is -0.820. The van der Waals surface area contributed by atoms with Crippen molar-refractivity contribution in [2.75, 3.05) is 0 Å². The van der Waals surface area contributed by atoms with E-state index in [-0.39, 0.29) is 6.10 Å². The number of carboxylic acids is 1. The molecule has 4 heteroatoms. The molecule has 0 aliphatic carbocycles. The average Bonchev–Trinajstić information content (AvgIpc) is 2.49. The standard InChI is InChI=1S/C18H34O3S/c1-2-3-4-10-13-16(19)14-11-8-6-5-7-9-12-15-17(22)18(20)21/h8,11,16-17,19,22H,2-7,9-10,12-15H2,1H3,(H,20,21)/t16-,17?/m1/s1. The second kappa shape index (κ2) is 15.4. The summed E-state index contributed by atoms with van der Waals surface area (Å²) in [5.41, 5.74) is 0. The normalized spacial score (nSPS) is 14.3. The second-order valence-corrected chi connectivity index (χ2v) is 6.68. The van der Waals surface area contributed by atoms with E-state index in [1.807, 2.05) is 0 Å². The Morgan fingerprint density at radius 2 is 1.64 bits per heavy atom. The molecule has 0 aliphatic heterocycles. The summed E-state index contributed by atoms with van der Waals surface area (Å²) in [5, 5.41) is 18.0. The summed E-state index contributed by atoms with van der Waals surface area (Å²) in [4.78, 5) is 10.6. The fourth-order valence-corrected chi connectivity index (χ4v) is 2.56. The first-order valence-electron chi connectivity index (χ1n) is 8.81. The van der Waals surface area contributed by atoms with Crippen molar-refractivity contribution in [3.63, 3.8) is 0 Å². The molecule has 2 N–H and O–H groups in total. The minimum Gasteiger partial charge on any atom is -0.480 e. The minimum absolute atomic E-state index is 0.184. The van der Waals surface area contributed by atoms with Gasteiger partial charge in [-0.2, -0.15) is 12.6 Å². The summed E-state index contributed by atoms with van der Waals surface area (Å²) in [7, 11) is 0. The molecular formula is C18H34O3S. The Bertz CT molecular complexity index is 292. The molecule has 0 aliphatic rings. The van der Waals surface area contributed by atoms with Gasteiger partial charge in [-0.3, -0.25) is 4.79 Å². The number of carbonyl (C=O) groups is 1. The van der Waals surface area contributed by atoms with Gasteiger partial charge >= 0.3 is 5.97 Å². The lowest BCUT2D eigenvalue weighted by Gasteiger charge is -2.07. The number of aliphatic carboxylic acids is 1. The van der Waals surface area contributed by atoms with Gasteiger partial charge in [0.25, 0.3) is 0 Å². The van der Waals surface area contributed by atoms with Crippen molar-refractivity contribution in [2.24, 2.45) is 0 Å². The maximum Gasteiger partial charge on any atom is 0.316 e. The van der Waals surface area contributed by atoms with E-state index >= 15 is 0 Å². The highest BCUT2D eigenvalue weighted by Gasteiger charge is 2.10. The number of hydrogen-bond acceptors (Lipinski definition) is 3. The lowest BCUT2D eigenvalue weighted by Crippen LogP contribution is -2.12. The van der Waals surface area contributed by atoms with Gasteiger partial charge < -0.3 is 10.2 Å². The third-order valence-corrected chi connectivity index (χ3v) is 4.33. The van der Waals surface area contributed by atoms with Gasteiger partial charge in [-0.15, -0.1) is 0 Å². The van der Waals surface area contributed by atoms with Crippen molar-refractivity contribution in [3.05, 3.63) is 12.2 Å². The van der Waals surface area contributed by atoms with Crippen molar-refractivity contribution in [1.82, 2.24) is 0 Å². The third kappa shape index (κ3) is 14.5.